The number of fused-ring (bicyclic) bond motifs is 2. The van der Waals surface area contributed by atoms with E-state index < -0.39 is 0 Å². The van der Waals surface area contributed by atoms with Crippen LogP contribution in [-0.4, -0.2) is 21.2 Å². The van der Waals surface area contributed by atoms with Crippen LogP contribution in [0.5, 0.6) is 11.6 Å². The molecule has 0 bridgehead atoms. The Bertz CT molecular complexity index is 1650. The number of pyridine rings is 1. The molecule has 37 heavy (non-hydrogen) atoms. The molecule has 0 aliphatic heterocycles. The van der Waals surface area contributed by atoms with Crippen LogP contribution in [0.2, 0.25) is 0 Å². The lowest BCUT2D eigenvalue weighted by atomic mass is 10.1. The summed E-state index contributed by atoms with van der Waals surface area (Å²) in [5.74, 6) is 2.09. The second-order valence-electron chi connectivity index (χ2n) is 9.11. The number of aliphatic imine (C=N–C) groups is 1. The van der Waals surface area contributed by atoms with E-state index in [1.165, 1.54) is 11.1 Å². The van der Waals surface area contributed by atoms with Crippen molar-refractivity contribution in [2.75, 3.05) is 0 Å². The van der Waals surface area contributed by atoms with Crippen molar-refractivity contribution in [1.82, 2.24) is 15.0 Å². The van der Waals surface area contributed by atoms with Crippen molar-refractivity contribution in [3.63, 3.8) is 0 Å². The number of imidazole rings is 1. The maximum atomic E-state index is 6.25. The first-order valence-electron chi connectivity index (χ1n) is 12.4. The normalized spacial score (nSPS) is 12.4. The molecule has 1 N–H and O–H groups in total. The maximum absolute atomic E-state index is 6.25. The second-order valence-corrected chi connectivity index (χ2v) is 9.11. The molecule has 1 unspecified atom stereocenters. The highest BCUT2D eigenvalue weighted by atomic mass is 16.5. The summed E-state index contributed by atoms with van der Waals surface area (Å²) in [4.78, 5) is 18.2. The van der Waals surface area contributed by atoms with Crippen LogP contribution in [0, 0.1) is 6.92 Å². The monoisotopic (exact) mass is 482 g/mol. The van der Waals surface area contributed by atoms with Gasteiger partial charge in [-0.15, -0.1) is 0 Å². The van der Waals surface area contributed by atoms with Gasteiger partial charge in [-0.05, 0) is 48.9 Å². The Hall–Kier alpha value is -4.77. The smallest absolute Gasteiger partial charge is 0.228 e. The Morgan fingerprint density at radius 2 is 1.54 bits per heavy atom. The maximum Gasteiger partial charge on any atom is 0.228 e. The van der Waals surface area contributed by atoms with E-state index in [4.69, 9.17) is 19.7 Å². The van der Waals surface area contributed by atoms with Gasteiger partial charge in [0.1, 0.15) is 17.6 Å². The van der Waals surface area contributed by atoms with E-state index in [2.05, 4.69) is 48.3 Å². The predicted octanol–water partition coefficient (Wildman–Crippen LogP) is 7.61. The van der Waals surface area contributed by atoms with Gasteiger partial charge in [0.25, 0.3) is 0 Å². The predicted molar refractivity (Wildman–Crippen MR) is 150 cm³/mol. The fourth-order valence-electron chi connectivity index (χ4n) is 4.36. The van der Waals surface area contributed by atoms with E-state index in [-0.39, 0.29) is 6.04 Å². The molecule has 0 radical (unpaired) electrons. The van der Waals surface area contributed by atoms with E-state index in [1.54, 1.807) is 0 Å². The van der Waals surface area contributed by atoms with Crippen molar-refractivity contribution in [2.24, 2.45) is 4.99 Å². The van der Waals surface area contributed by atoms with Gasteiger partial charge in [0.2, 0.25) is 5.88 Å². The Morgan fingerprint density at radius 3 is 2.35 bits per heavy atom. The molecule has 0 saturated carbocycles. The number of nitrogens with one attached hydrogen (secondary N) is 1. The first-order chi connectivity index (χ1) is 18.2. The van der Waals surface area contributed by atoms with Crippen LogP contribution in [0.15, 0.2) is 114 Å². The molecular formula is C32H26N4O. The van der Waals surface area contributed by atoms with Crippen LogP contribution < -0.4 is 4.74 Å². The first kappa shape index (κ1) is 22.7. The molecule has 0 spiro atoms. The number of aromatic nitrogens is 3. The quantitative estimate of drug-likeness (QED) is 0.238. The van der Waals surface area contributed by atoms with Gasteiger partial charge in [-0.3, -0.25) is 4.99 Å². The largest absolute Gasteiger partial charge is 0.438 e. The highest BCUT2D eigenvalue weighted by Crippen LogP contribution is 2.28. The van der Waals surface area contributed by atoms with Crippen LogP contribution in [0.4, 0.5) is 0 Å². The zero-order valence-electron chi connectivity index (χ0n) is 20.5. The van der Waals surface area contributed by atoms with Crippen molar-refractivity contribution >= 4 is 28.2 Å². The number of para-hydroxylation sites is 3. The number of hydrogen-bond acceptors (Lipinski definition) is 4. The summed E-state index contributed by atoms with van der Waals surface area (Å²) < 4.78 is 6.25. The minimum atomic E-state index is -0.200. The van der Waals surface area contributed by atoms with Crippen LogP contribution in [0.1, 0.15) is 28.6 Å². The van der Waals surface area contributed by atoms with E-state index in [1.807, 2.05) is 79.0 Å². The molecule has 5 nitrogen and oxygen atoms in total. The lowest BCUT2D eigenvalue weighted by Gasteiger charge is -2.12. The summed E-state index contributed by atoms with van der Waals surface area (Å²) in [6, 6.07) is 36.3. The van der Waals surface area contributed by atoms with Gasteiger partial charge in [0.15, 0.2) is 0 Å². The van der Waals surface area contributed by atoms with Crippen LogP contribution in [-0.2, 0) is 6.42 Å². The molecular weight excluding hydrogens is 456 g/mol. The summed E-state index contributed by atoms with van der Waals surface area (Å²) in [5.41, 5.74) is 5.99. The Morgan fingerprint density at radius 1 is 0.811 bits per heavy atom. The second kappa shape index (κ2) is 10.1. The summed E-state index contributed by atoms with van der Waals surface area (Å²) in [6.07, 6.45) is 2.58. The van der Waals surface area contributed by atoms with Crippen molar-refractivity contribution in [1.29, 1.82) is 0 Å². The van der Waals surface area contributed by atoms with Crippen LogP contribution in [0.25, 0.3) is 21.9 Å². The van der Waals surface area contributed by atoms with E-state index in [9.17, 15) is 0 Å². The fraction of sp³-hybridized carbons (Fsp3) is 0.0938. The third-order valence-corrected chi connectivity index (χ3v) is 6.34. The molecule has 4 aromatic carbocycles. The number of nitrogens with zero attached hydrogens (tertiary/aromatic N) is 3. The van der Waals surface area contributed by atoms with Gasteiger partial charge >= 0.3 is 0 Å². The molecule has 0 aliphatic rings. The number of benzene rings is 4. The van der Waals surface area contributed by atoms with Gasteiger partial charge in [-0.25, -0.2) is 9.97 Å². The molecule has 0 saturated heterocycles. The van der Waals surface area contributed by atoms with Crippen molar-refractivity contribution < 1.29 is 4.74 Å². The molecule has 6 aromatic rings. The SMILES string of the molecule is Cc1ccc(Oc2nc3ccccc3cc2C=NC(Cc2ccccc2)c2nc3ccccc3[nH]2)cc1. The molecule has 1 atom stereocenters. The van der Waals surface area contributed by atoms with Gasteiger partial charge in [0.05, 0.1) is 22.1 Å². The molecule has 0 aliphatic carbocycles. The standard InChI is InChI=1S/C32H26N4O/c1-22-15-17-26(18-16-22)37-32-25(20-24-11-5-6-12-27(24)36-32)21-33-30(19-23-9-3-2-4-10-23)31-34-28-13-7-8-14-29(28)35-31/h2-18,20-21,30H,19H2,1H3,(H,34,35). The summed E-state index contributed by atoms with van der Waals surface area (Å²) >= 11 is 0. The number of ether oxygens (including phenoxy) is 1. The van der Waals surface area contributed by atoms with E-state index >= 15 is 0 Å². The molecule has 180 valence electrons. The molecule has 0 fully saturated rings. The van der Waals surface area contributed by atoms with E-state index in [0.717, 1.165) is 39.1 Å². The summed E-state index contributed by atoms with van der Waals surface area (Å²) in [7, 11) is 0. The first-order valence-corrected chi connectivity index (χ1v) is 12.4. The van der Waals surface area contributed by atoms with Crippen LogP contribution >= 0.6 is 0 Å². The van der Waals surface area contributed by atoms with Gasteiger partial charge in [-0.1, -0.05) is 78.4 Å². The number of rotatable bonds is 7. The van der Waals surface area contributed by atoms with Gasteiger partial charge in [-0.2, -0.15) is 0 Å². The number of hydrogen-bond donors (Lipinski definition) is 1. The van der Waals surface area contributed by atoms with Crippen LogP contribution in [0.3, 0.4) is 0 Å². The Balaban J connectivity index is 1.40. The third-order valence-electron chi connectivity index (χ3n) is 6.34. The average Bonchev–Trinajstić information content (AvgIpc) is 3.37. The summed E-state index contributed by atoms with van der Waals surface area (Å²) in [6.45, 7) is 2.06. The molecule has 6 rings (SSSR count). The molecule has 2 heterocycles. The zero-order chi connectivity index (χ0) is 25.0. The Labute approximate surface area is 215 Å². The topological polar surface area (TPSA) is 63.2 Å². The minimum absolute atomic E-state index is 0.200. The van der Waals surface area contributed by atoms with Crippen molar-refractivity contribution in [3.05, 3.63) is 132 Å². The number of aromatic amines is 1. The van der Waals surface area contributed by atoms with Gasteiger partial charge in [0, 0.05) is 18.0 Å². The average molecular weight is 483 g/mol. The van der Waals surface area contributed by atoms with Gasteiger partial charge < -0.3 is 9.72 Å². The molecule has 2 aromatic heterocycles. The number of aryl methyl sites for hydroxylation is 1. The lowest BCUT2D eigenvalue weighted by molar-refractivity contribution is 0.464. The zero-order valence-corrected chi connectivity index (χ0v) is 20.5. The highest BCUT2D eigenvalue weighted by Gasteiger charge is 2.16. The fourth-order valence-corrected chi connectivity index (χ4v) is 4.36. The summed E-state index contributed by atoms with van der Waals surface area (Å²) in [5, 5.41) is 1.03. The lowest BCUT2D eigenvalue weighted by Crippen LogP contribution is -2.04. The minimum Gasteiger partial charge on any atom is -0.438 e. The molecule has 0 amide bonds. The van der Waals surface area contributed by atoms with E-state index in [0.29, 0.717) is 12.3 Å². The van der Waals surface area contributed by atoms with Crippen molar-refractivity contribution in [3.8, 4) is 11.6 Å². The molecule has 5 heteroatoms. The number of H-pyrrole nitrogens is 1. The highest BCUT2D eigenvalue weighted by molar-refractivity contribution is 5.91. The van der Waals surface area contributed by atoms with Crippen molar-refractivity contribution in [2.45, 2.75) is 19.4 Å². The third kappa shape index (κ3) is 5.11. The Kier molecular flexibility index (Phi) is 6.17.